The fourth-order valence-electron chi connectivity index (χ4n) is 1.17. The van der Waals surface area contributed by atoms with Crippen LogP contribution < -0.4 is 10.1 Å². The number of hydrogen-bond acceptors (Lipinski definition) is 3. The third kappa shape index (κ3) is 3.42. The summed E-state index contributed by atoms with van der Waals surface area (Å²) < 4.78 is 22.8. The Hall–Kier alpha value is -1.78. The number of halogens is 1. The van der Waals surface area contributed by atoms with Gasteiger partial charge in [0.1, 0.15) is 0 Å². The van der Waals surface area contributed by atoms with Gasteiger partial charge in [-0.15, -0.1) is 0 Å². The van der Waals surface area contributed by atoms with Gasteiger partial charge in [-0.2, -0.15) is 0 Å². The molecule has 5 heteroatoms. The van der Waals surface area contributed by atoms with Crippen molar-refractivity contribution in [2.45, 2.75) is 13.5 Å². The van der Waals surface area contributed by atoms with Gasteiger partial charge in [0.05, 0.1) is 13.7 Å². The van der Waals surface area contributed by atoms with Crippen LogP contribution in [0.1, 0.15) is 12.5 Å². The summed E-state index contributed by atoms with van der Waals surface area (Å²) in [5.41, 5.74) is 0.645. The Labute approximate surface area is 93.4 Å². The van der Waals surface area contributed by atoms with Crippen LogP contribution in [-0.4, -0.2) is 19.8 Å². The molecule has 4 nitrogen and oxygen atoms in total. The second kappa shape index (κ2) is 5.95. The number of carbonyl (C=O) groups excluding carboxylic acids is 1. The lowest BCUT2D eigenvalue weighted by Gasteiger charge is -2.07. The Morgan fingerprint density at radius 3 is 2.81 bits per heavy atom. The molecule has 88 valence electrons. The Bertz CT molecular complexity index is 368. The lowest BCUT2D eigenvalue weighted by molar-refractivity contribution is 0.170. The van der Waals surface area contributed by atoms with Crippen molar-refractivity contribution in [3.63, 3.8) is 0 Å². The number of hydrogen-bond donors (Lipinski definition) is 1. The zero-order valence-corrected chi connectivity index (χ0v) is 9.25. The van der Waals surface area contributed by atoms with E-state index in [1.807, 2.05) is 0 Å². The Morgan fingerprint density at radius 1 is 1.50 bits per heavy atom. The van der Waals surface area contributed by atoms with Crippen molar-refractivity contribution in [3.05, 3.63) is 29.6 Å². The van der Waals surface area contributed by atoms with Crippen molar-refractivity contribution in [2.75, 3.05) is 13.7 Å². The lowest BCUT2D eigenvalue weighted by atomic mass is 10.2. The molecule has 0 atom stereocenters. The molecule has 0 radical (unpaired) electrons. The highest BCUT2D eigenvalue weighted by Gasteiger charge is 2.05. The van der Waals surface area contributed by atoms with Crippen molar-refractivity contribution in [3.8, 4) is 5.75 Å². The van der Waals surface area contributed by atoms with Gasteiger partial charge in [0.25, 0.3) is 0 Å². The third-order valence-corrected chi connectivity index (χ3v) is 1.92. The topological polar surface area (TPSA) is 47.6 Å². The molecule has 1 rings (SSSR count). The van der Waals surface area contributed by atoms with E-state index in [9.17, 15) is 9.18 Å². The molecular weight excluding hydrogens is 213 g/mol. The first-order valence-corrected chi connectivity index (χ1v) is 4.90. The van der Waals surface area contributed by atoms with Gasteiger partial charge in [0.15, 0.2) is 11.6 Å². The number of ether oxygens (including phenoxy) is 2. The van der Waals surface area contributed by atoms with E-state index < -0.39 is 11.9 Å². The summed E-state index contributed by atoms with van der Waals surface area (Å²) in [6.45, 7) is 2.42. The predicted molar refractivity (Wildman–Crippen MR) is 56.8 cm³/mol. The summed E-state index contributed by atoms with van der Waals surface area (Å²) in [5.74, 6) is -0.227. The summed E-state index contributed by atoms with van der Waals surface area (Å²) in [4.78, 5) is 10.8. The molecule has 0 aromatic heterocycles. The van der Waals surface area contributed by atoms with Gasteiger partial charge in [-0.25, -0.2) is 9.18 Å². The molecule has 0 unspecified atom stereocenters. The van der Waals surface area contributed by atoms with Gasteiger partial charge in [-0.05, 0) is 24.6 Å². The zero-order valence-electron chi connectivity index (χ0n) is 9.25. The standard InChI is InChI=1S/C11H14FNO3/c1-3-16-10-5-4-8(6-9(10)12)7-13-11(14)15-2/h4-6H,3,7H2,1-2H3,(H,13,14). The smallest absolute Gasteiger partial charge is 0.407 e. The first kappa shape index (κ1) is 12.3. The number of amides is 1. The Balaban J connectivity index is 2.62. The van der Waals surface area contributed by atoms with E-state index in [0.717, 1.165) is 0 Å². The van der Waals surface area contributed by atoms with Crippen molar-refractivity contribution < 1.29 is 18.7 Å². The highest BCUT2D eigenvalue weighted by Crippen LogP contribution is 2.18. The minimum atomic E-state index is -0.547. The molecular formula is C11H14FNO3. The van der Waals surface area contributed by atoms with Crippen LogP contribution in [0.2, 0.25) is 0 Å². The molecule has 0 aliphatic rings. The maximum absolute atomic E-state index is 13.4. The third-order valence-electron chi connectivity index (χ3n) is 1.92. The normalized spacial score (nSPS) is 9.69. The van der Waals surface area contributed by atoms with Crippen LogP contribution in [0.4, 0.5) is 9.18 Å². The van der Waals surface area contributed by atoms with E-state index in [2.05, 4.69) is 10.1 Å². The van der Waals surface area contributed by atoms with E-state index in [1.54, 1.807) is 13.0 Å². The minimum Gasteiger partial charge on any atom is -0.491 e. The van der Waals surface area contributed by atoms with Gasteiger partial charge in [-0.3, -0.25) is 0 Å². The van der Waals surface area contributed by atoms with Crippen LogP contribution in [0.3, 0.4) is 0 Å². The minimum absolute atomic E-state index is 0.212. The molecule has 0 bridgehead atoms. The first-order valence-electron chi connectivity index (χ1n) is 4.90. The Morgan fingerprint density at radius 2 is 2.25 bits per heavy atom. The van der Waals surface area contributed by atoms with Gasteiger partial charge < -0.3 is 14.8 Å². The van der Waals surface area contributed by atoms with Crippen LogP contribution in [0.5, 0.6) is 5.75 Å². The van der Waals surface area contributed by atoms with Crippen LogP contribution in [0.25, 0.3) is 0 Å². The molecule has 0 saturated heterocycles. The molecule has 1 aromatic rings. The predicted octanol–water partition coefficient (Wildman–Crippen LogP) is 2.08. The average molecular weight is 227 g/mol. The molecule has 1 N–H and O–H groups in total. The maximum Gasteiger partial charge on any atom is 0.407 e. The van der Waals surface area contributed by atoms with Crippen LogP contribution >= 0.6 is 0 Å². The number of alkyl carbamates (subject to hydrolysis) is 1. The van der Waals surface area contributed by atoms with E-state index in [4.69, 9.17) is 4.74 Å². The Kier molecular flexibility index (Phi) is 4.57. The highest BCUT2D eigenvalue weighted by atomic mass is 19.1. The fraction of sp³-hybridized carbons (Fsp3) is 0.364. The van der Waals surface area contributed by atoms with Crippen LogP contribution in [-0.2, 0) is 11.3 Å². The number of methoxy groups -OCH3 is 1. The second-order valence-corrected chi connectivity index (χ2v) is 3.04. The number of rotatable bonds is 4. The van der Waals surface area contributed by atoms with Crippen LogP contribution in [0.15, 0.2) is 18.2 Å². The molecule has 0 saturated carbocycles. The largest absolute Gasteiger partial charge is 0.491 e. The number of carbonyl (C=O) groups is 1. The highest BCUT2D eigenvalue weighted by molar-refractivity contribution is 5.66. The number of nitrogens with one attached hydrogen (secondary N) is 1. The monoisotopic (exact) mass is 227 g/mol. The van der Waals surface area contributed by atoms with E-state index in [1.165, 1.54) is 19.2 Å². The molecule has 1 amide bonds. The maximum atomic E-state index is 13.4. The van der Waals surface area contributed by atoms with Gasteiger partial charge >= 0.3 is 6.09 Å². The summed E-state index contributed by atoms with van der Waals surface area (Å²) in [6, 6.07) is 4.54. The molecule has 0 spiro atoms. The molecule has 0 heterocycles. The van der Waals surface area contributed by atoms with E-state index in [-0.39, 0.29) is 12.3 Å². The molecule has 0 aliphatic heterocycles. The molecule has 1 aromatic carbocycles. The van der Waals surface area contributed by atoms with Gasteiger partial charge in [0, 0.05) is 6.54 Å². The SMILES string of the molecule is CCOc1ccc(CNC(=O)OC)cc1F. The molecule has 16 heavy (non-hydrogen) atoms. The fourth-order valence-corrected chi connectivity index (χ4v) is 1.17. The summed E-state index contributed by atoms with van der Waals surface area (Å²) in [6.07, 6.45) is -0.547. The second-order valence-electron chi connectivity index (χ2n) is 3.04. The summed E-state index contributed by atoms with van der Waals surface area (Å²) in [5, 5.41) is 2.46. The van der Waals surface area contributed by atoms with Crippen molar-refractivity contribution in [2.24, 2.45) is 0 Å². The number of benzene rings is 1. The molecule has 0 fully saturated rings. The van der Waals surface area contributed by atoms with Crippen LogP contribution in [0, 0.1) is 5.82 Å². The van der Waals surface area contributed by atoms with Crippen molar-refractivity contribution in [1.82, 2.24) is 5.32 Å². The van der Waals surface area contributed by atoms with Crippen molar-refractivity contribution in [1.29, 1.82) is 0 Å². The lowest BCUT2D eigenvalue weighted by Crippen LogP contribution is -2.22. The van der Waals surface area contributed by atoms with E-state index in [0.29, 0.717) is 12.2 Å². The zero-order chi connectivity index (χ0) is 12.0. The quantitative estimate of drug-likeness (QED) is 0.856. The van der Waals surface area contributed by atoms with Gasteiger partial charge in [-0.1, -0.05) is 6.07 Å². The molecule has 0 aliphatic carbocycles. The summed E-state index contributed by atoms with van der Waals surface area (Å²) in [7, 11) is 1.27. The van der Waals surface area contributed by atoms with Crippen molar-refractivity contribution >= 4 is 6.09 Å². The summed E-state index contributed by atoms with van der Waals surface area (Å²) >= 11 is 0. The first-order chi connectivity index (χ1) is 7.67. The van der Waals surface area contributed by atoms with E-state index >= 15 is 0 Å². The van der Waals surface area contributed by atoms with Gasteiger partial charge in [0.2, 0.25) is 0 Å². The average Bonchev–Trinajstić information content (AvgIpc) is 2.29.